The van der Waals surface area contributed by atoms with E-state index in [1.165, 1.54) is 0 Å². The van der Waals surface area contributed by atoms with Crippen molar-refractivity contribution in [2.24, 2.45) is 0 Å². The van der Waals surface area contributed by atoms with E-state index in [9.17, 15) is 18.3 Å². The fourth-order valence-corrected chi connectivity index (χ4v) is 3.67. The summed E-state index contributed by atoms with van der Waals surface area (Å²) in [4.78, 5) is 1.83. The molecule has 8 heteroatoms. The number of hydrogen-bond acceptors (Lipinski definition) is 3. The Morgan fingerprint density at radius 3 is 2.19 bits per heavy atom. The summed E-state index contributed by atoms with van der Waals surface area (Å²) in [5, 5.41) is 12.9. The van der Waals surface area contributed by atoms with E-state index in [4.69, 9.17) is 0 Å². The van der Waals surface area contributed by atoms with Crippen molar-refractivity contribution in [3.63, 3.8) is 0 Å². The number of rotatable bonds is 3. The van der Waals surface area contributed by atoms with Crippen LogP contribution in [0.2, 0.25) is 0 Å². The average molecular weight is 432 g/mol. The van der Waals surface area contributed by atoms with Gasteiger partial charge in [-0.05, 0) is 49.6 Å². The highest BCUT2D eigenvalue weighted by molar-refractivity contribution is 9.11. The third kappa shape index (κ3) is 4.58. The number of benzene rings is 1. The van der Waals surface area contributed by atoms with Crippen LogP contribution < -0.4 is 5.32 Å². The minimum Gasteiger partial charge on any atom is -0.506 e. The van der Waals surface area contributed by atoms with E-state index < -0.39 is 18.6 Å². The minimum absolute atomic E-state index is 0.00943. The first-order chi connectivity index (χ1) is 9.78. The lowest BCUT2D eigenvalue weighted by atomic mass is 10.0. The average Bonchev–Trinajstić information content (AvgIpc) is 2.41. The fourth-order valence-electron chi connectivity index (χ4n) is 2.45. The van der Waals surface area contributed by atoms with Crippen LogP contribution in [0.1, 0.15) is 18.0 Å². The first kappa shape index (κ1) is 17.1. The number of phenols is 1. The van der Waals surface area contributed by atoms with Gasteiger partial charge in [-0.3, -0.25) is 4.90 Å². The van der Waals surface area contributed by atoms with Gasteiger partial charge >= 0.3 is 6.18 Å². The Hall–Kier alpha value is -0.310. The number of hydrogen-bond donors (Lipinski definition) is 2. The molecule has 2 N–H and O–H groups in total. The first-order valence-electron chi connectivity index (χ1n) is 6.47. The SMILES string of the molecule is Oc1c(Br)cc([C@@H](CC(F)(F)F)N2CCNCC2)cc1Br. The van der Waals surface area contributed by atoms with Crippen LogP contribution in [0.15, 0.2) is 21.1 Å². The third-order valence-corrected chi connectivity index (χ3v) is 4.65. The number of nitrogens with zero attached hydrogens (tertiary/aromatic N) is 1. The van der Waals surface area contributed by atoms with Gasteiger partial charge in [-0.15, -0.1) is 0 Å². The topological polar surface area (TPSA) is 35.5 Å². The number of aromatic hydroxyl groups is 1. The van der Waals surface area contributed by atoms with Crippen LogP contribution in [-0.2, 0) is 0 Å². The lowest BCUT2D eigenvalue weighted by Gasteiger charge is -2.36. The lowest BCUT2D eigenvalue weighted by molar-refractivity contribution is -0.148. The summed E-state index contributed by atoms with van der Waals surface area (Å²) in [5.41, 5.74) is 0.533. The van der Waals surface area contributed by atoms with Crippen LogP contribution >= 0.6 is 31.9 Å². The van der Waals surface area contributed by atoms with Gasteiger partial charge in [0, 0.05) is 32.2 Å². The smallest absolute Gasteiger partial charge is 0.390 e. The third-order valence-electron chi connectivity index (χ3n) is 3.44. The predicted octanol–water partition coefficient (Wildman–Crippen LogP) is 3.82. The van der Waals surface area contributed by atoms with Gasteiger partial charge < -0.3 is 10.4 Å². The molecule has 1 fully saturated rings. The molecule has 0 amide bonds. The maximum atomic E-state index is 12.9. The van der Waals surface area contributed by atoms with Gasteiger partial charge in [-0.25, -0.2) is 0 Å². The lowest BCUT2D eigenvalue weighted by Crippen LogP contribution is -2.46. The standard InChI is InChI=1S/C13H15Br2F3N2O/c14-9-5-8(6-10(15)12(9)21)11(7-13(16,17)18)20-3-1-19-2-4-20/h5-6,11,19,21H,1-4,7H2/t11-/m1/s1. The molecule has 118 valence electrons. The molecule has 3 nitrogen and oxygen atoms in total. The maximum Gasteiger partial charge on any atom is 0.390 e. The Morgan fingerprint density at radius 2 is 1.71 bits per heavy atom. The summed E-state index contributed by atoms with van der Waals surface area (Å²) in [6.45, 7) is 2.48. The van der Waals surface area contributed by atoms with Crippen molar-refractivity contribution in [1.29, 1.82) is 0 Å². The molecule has 0 aromatic heterocycles. The van der Waals surface area contributed by atoms with Crippen molar-refractivity contribution >= 4 is 31.9 Å². The summed E-state index contributed by atoms with van der Waals surface area (Å²) in [6.07, 6.45) is -5.15. The molecular formula is C13H15Br2F3N2O. The molecule has 0 radical (unpaired) electrons. The molecule has 1 saturated heterocycles. The van der Waals surface area contributed by atoms with E-state index >= 15 is 0 Å². The van der Waals surface area contributed by atoms with Gasteiger partial charge in [0.2, 0.25) is 0 Å². The molecular weight excluding hydrogens is 417 g/mol. The number of phenolic OH excluding ortho intramolecular Hbond substituents is 1. The largest absolute Gasteiger partial charge is 0.506 e. The molecule has 1 aliphatic rings. The highest BCUT2D eigenvalue weighted by atomic mass is 79.9. The summed E-state index contributed by atoms with van der Waals surface area (Å²) in [6, 6.07) is 2.36. The second-order valence-corrected chi connectivity index (χ2v) is 6.66. The monoisotopic (exact) mass is 430 g/mol. The van der Waals surface area contributed by atoms with Crippen molar-refractivity contribution < 1.29 is 18.3 Å². The zero-order chi connectivity index (χ0) is 15.6. The van der Waals surface area contributed by atoms with Crippen molar-refractivity contribution in [3.05, 3.63) is 26.6 Å². The van der Waals surface area contributed by atoms with Crippen LogP contribution in [-0.4, -0.2) is 42.4 Å². The van der Waals surface area contributed by atoms with E-state index in [1.54, 1.807) is 12.1 Å². The van der Waals surface area contributed by atoms with Crippen LogP contribution in [0.4, 0.5) is 13.2 Å². The summed E-state index contributed by atoms with van der Waals surface area (Å²) in [5.74, 6) is -0.00943. The molecule has 1 atom stereocenters. The van der Waals surface area contributed by atoms with Crippen LogP contribution in [0.5, 0.6) is 5.75 Å². The minimum atomic E-state index is -4.24. The van der Waals surface area contributed by atoms with E-state index in [0.29, 0.717) is 40.7 Å². The summed E-state index contributed by atoms with van der Waals surface area (Å²) < 4.78 is 39.5. The molecule has 1 heterocycles. The summed E-state index contributed by atoms with van der Waals surface area (Å²) in [7, 11) is 0. The second-order valence-electron chi connectivity index (χ2n) is 4.95. The Bertz CT molecular complexity index is 482. The van der Waals surface area contributed by atoms with Crippen LogP contribution in [0.3, 0.4) is 0 Å². The Kier molecular flexibility index (Phi) is 5.56. The van der Waals surface area contributed by atoms with E-state index in [-0.39, 0.29) is 5.75 Å². The normalized spacial score (nSPS) is 18.7. The number of nitrogens with one attached hydrogen (secondary N) is 1. The van der Waals surface area contributed by atoms with E-state index in [1.807, 2.05) is 4.90 Å². The van der Waals surface area contributed by atoms with Crippen molar-refractivity contribution in [1.82, 2.24) is 10.2 Å². The van der Waals surface area contributed by atoms with E-state index in [2.05, 4.69) is 37.2 Å². The van der Waals surface area contributed by atoms with Gasteiger partial charge in [-0.2, -0.15) is 13.2 Å². The second kappa shape index (κ2) is 6.85. The highest BCUT2D eigenvalue weighted by Gasteiger charge is 2.36. The quantitative estimate of drug-likeness (QED) is 0.763. The number of piperazine rings is 1. The van der Waals surface area contributed by atoms with Crippen molar-refractivity contribution in [2.45, 2.75) is 18.6 Å². The van der Waals surface area contributed by atoms with Gasteiger partial charge in [0.25, 0.3) is 0 Å². The van der Waals surface area contributed by atoms with Crippen LogP contribution in [0, 0.1) is 0 Å². The molecule has 0 spiro atoms. The Labute approximate surface area is 137 Å². The van der Waals surface area contributed by atoms with Gasteiger partial charge in [-0.1, -0.05) is 0 Å². The summed E-state index contributed by atoms with van der Waals surface area (Å²) >= 11 is 6.35. The molecule has 0 unspecified atom stereocenters. The molecule has 21 heavy (non-hydrogen) atoms. The maximum absolute atomic E-state index is 12.9. The van der Waals surface area contributed by atoms with E-state index in [0.717, 1.165) is 0 Å². The predicted molar refractivity (Wildman–Crippen MR) is 81.4 cm³/mol. The molecule has 2 rings (SSSR count). The van der Waals surface area contributed by atoms with Crippen LogP contribution in [0.25, 0.3) is 0 Å². The zero-order valence-electron chi connectivity index (χ0n) is 11.1. The molecule has 1 aromatic carbocycles. The molecule has 1 aromatic rings. The van der Waals surface area contributed by atoms with Crippen molar-refractivity contribution in [3.8, 4) is 5.75 Å². The zero-order valence-corrected chi connectivity index (χ0v) is 14.2. The van der Waals surface area contributed by atoms with Gasteiger partial charge in [0.15, 0.2) is 0 Å². The Morgan fingerprint density at radius 1 is 1.19 bits per heavy atom. The highest BCUT2D eigenvalue weighted by Crippen LogP contribution is 2.40. The molecule has 0 saturated carbocycles. The first-order valence-corrected chi connectivity index (χ1v) is 8.06. The number of halogens is 5. The van der Waals surface area contributed by atoms with Gasteiger partial charge in [0.05, 0.1) is 15.4 Å². The molecule has 1 aliphatic heterocycles. The fraction of sp³-hybridized carbons (Fsp3) is 0.538. The Balaban J connectivity index is 2.34. The molecule has 0 aliphatic carbocycles. The molecule has 0 bridgehead atoms. The van der Waals surface area contributed by atoms with Gasteiger partial charge in [0.1, 0.15) is 5.75 Å². The number of alkyl halides is 3. The van der Waals surface area contributed by atoms with Crippen molar-refractivity contribution in [2.75, 3.05) is 26.2 Å².